The molecule has 1 unspecified atom stereocenters. The lowest BCUT2D eigenvalue weighted by Crippen LogP contribution is -2.20. The van der Waals surface area contributed by atoms with Gasteiger partial charge in [0.1, 0.15) is 17.1 Å². The first kappa shape index (κ1) is 19.9. The number of carbonyl (C=O) groups excluding carboxylic acids is 1. The summed E-state index contributed by atoms with van der Waals surface area (Å²) in [6.07, 6.45) is 4.20. The number of halogens is 1. The number of hydrogen-bond acceptors (Lipinski definition) is 7. The van der Waals surface area contributed by atoms with Crippen molar-refractivity contribution < 1.29 is 9.90 Å². The number of amides is 1. The van der Waals surface area contributed by atoms with E-state index in [1.807, 2.05) is 0 Å². The number of hydrogen-bond donors (Lipinski definition) is 4. The van der Waals surface area contributed by atoms with E-state index in [-0.39, 0.29) is 41.3 Å². The molecule has 0 bridgehead atoms. The zero-order chi connectivity index (χ0) is 20.1. The topological polar surface area (TPSA) is 126 Å². The normalized spacial score (nSPS) is 18.2. The number of aliphatic hydroxyl groups is 1. The maximum absolute atomic E-state index is 12.0. The minimum atomic E-state index is -0.330. The molecular formula is C19H21ClN6O2. The molecule has 2 atom stereocenters. The monoisotopic (exact) mass is 400 g/mol. The van der Waals surface area contributed by atoms with Gasteiger partial charge in [0.15, 0.2) is 5.15 Å². The summed E-state index contributed by atoms with van der Waals surface area (Å²) < 4.78 is 0. The molecule has 9 heteroatoms. The number of nitrogen functional groups attached to an aromatic ring is 1. The first-order chi connectivity index (χ1) is 13.5. The maximum Gasteiger partial charge on any atom is 0.270 e. The van der Waals surface area contributed by atoms with Crippen LogP contribution in [-0.2, 0) is 0 Å². The van der Waals surface area contributed by atoms with Crippen molar-refractivity contribution in [1.29, 1.82) is 0 Å². The van der Waals surface area contributed by atoms with E-state index < -0.39 is 0 Å². The van der Waals surface area contributed by atoms with Crippen LogP contribution in [0.1, 0.15) is 40.9 Å². The van der Waals surface area contributed by atoms with Gasteiger partial charge < -0.3 is 21.5 Å². The van der Waals surface area contributed by atoms with Crippen LogP contribution >= 0.6 is 11.6 Å². The van der Waals surface area contributed by atoms with E-state index in [9.17, 15) is 9.90 Å². The summed E-state index contributed by atoms with van der Waals surface area (Å²) in [6.45, 7) is 0.167. The minimum Gasteiger partial charge on any atom is -0.396 e. The second-order valence-corrected chi connectivity index (χ2v) is 6.89. The average Bonchev–Trinajstić information content (AvgIpc) is 3.14. The van der Waals surface area contributed by atoms with Gasteiger partial charge in [0.2, 0.25) is 5.95 Å². The van der Waals surface area contributed by atoms with Gasteiger partial charge in [-0.1, -0.05) is 23.4 Å². The molecule has 1 amide bonds. The smallest absolute Gasteiger partial charge is 0.270 e. The Bertz CT molecular complexity index is 940. The molecule has 1 aliphatic carbocycles. The Morgan fingerprint density at radius 3 is 2.93 bits per heavy atom. The Balaban J connectivity index is 1.94. The third-order valence-corrected chi connectivity index (χ3v) is 4.87. The molecule has 8 nitrogen and oxygen atoms in total. The molecule has 0 spiro atoms. The first-order valence-electron chi connectivity index (χ1n) is 8.91. The van der Waals surface area contributed by atoms with Crippen LogP contribution in [0.5, 0.6) is 0 Å². The minimum absolute atomic E-state index is 0.0437. The second-order valence-electron chi connectivity index (χ2n) is 6.53. The van der Waals surface area contributed by atoms with Crippen LogP contribution in [0.4, 0.5) is 11.8 Å². The standard InChI is InChI=1S/C19H21ClN6O2/c1-22-18(28)15-12(3-2-8-23-15)5-7-14-16(20)25-19(21)26-17(14)24-13-6-4-11(9-13)10-27/h2-3,8,11,13,27H,4,6,9-10H2,1H3,(H,22,28)(H3,21,24,25,26)/t11?,13-/m0/s1. The SMILES string of the molecule is CNC(=O)c1ncccc1C#Cc1c(Cl)nc(N)nc1N[C@H]1CCC(CO)C1. The van der Waals surface area contributed by atoms with Gasteiger partial charge in [-0.05, 0) is 37.3 Å². The predicted molar refractivity (Wildman–Crippen MR) is 107 cm³/mol. The molecule has 5 N–H and O–H groups in total. The lowest BCUT2D eigenvalue weighted by atomic mass is 10.1. The Morgan fingerprint density at radius 2 is 2.21 bits per heavy atom. The molecule has 146 valence electrons. The van der Waals surface area contributed by atoms with Crippen LogP contribution in [0, 0.1) is 17.8 Å². The quantitative estimate of drug-likeness (QED) is 0.452. The summed E-state index contributed by atoms with van der Waals surface area (Å²) in [5.41, 5.74) is 6.83. The zero-order valence-electron chi connectivity index (χ0n) is 15.4. The molecule has 2 aromatic rings. The Morgan fingerprint density at radius 1 is 1.39 bits per heavy atom. The van der Waals surface area contributed by atoms with E-state index in [0.29, 0.717) is 16.9 Å². The van der Waals surface area contributed by atoms with E-state index in [1.165, 1.54) is 13.2 Å². The van der Waals surface area contributed by atoms with Gasteiger partial charge in [0.25, 0.3) is 5.91 Å². The number of pyridine rings is 1. The van der Waals surface area contributed by atoms with Crippen molar-refractivity contribution in [1.82, 2.24) is 20.3 Å². The fraction of sp³-hybridized carbons (Fsp3) is 0.368. The van der Waals surface area contributed by atoms with Gasteiger partial charge in [0, 0.05) is 25.9 Å². The van der Waals surface area contributed by atoms with Crippen LogP contribution in [-0.4, -0.2) is 45.7 Å². The summed E-state index contributed by atoms with van der Waals surface area (Å²) in [4.78, 5) is 24.3. The van der Waals surface area contributed by atoms with E-state index >= 15 is 0 Å². The zero-order valence-corrected chi connectivity index (χ0v) is 16.1. The number of carbonyl (C=O) groups is 1. The largest absolute Gasteiger partial charge is 0.396 e. The number of anilines is 2. The summed E-state index contributed by atoms with van der Waals surface area (Å²) in [6, 6.07) is 3.54. The molecule has 1 saturated carbocycles. The predicted octanol–water partition coefficient (Wildman–Crippen LogP) is 1.44. The van der Waals surface area contributed by atoms with Gasteiger partial charge in [-0.15, -0.1) is 0 Å². The fourth-order valence-electron chi connectivity index (χ4n) is 3.17. The van der Waals surface area contributed by atoms with Crippen LogP contribution in [0.25, 0.3) is 0 Å². The summed E-state index contributed by atoms with van der Waals surface area (Å²) >= 11 is 6.26. The molecule has 2 aromatic heterocycles. The van der Waals surface area contributed by atoms with Gasteiger partial charge >= 0.3 is 0 Å². The molecule has 28 heavy (non-hydrogen) atoms. The highest BCUT2D eigenvalue weighted by Gasteiger charge is 2.25. The second kappa shape index (κ2) is 8.87. The average molecular weight is 401 g/mol. The summed E-state index contributed by atoms with van der Waals surface area (Å²) in [5, 5.41) is 15.3. The molecule has 1 aliphatic rings. The van der Waals surface area contributed by atoms with Crippen molar-refractivity contribution in [3.8, 4) is 11.8 Å². The Kier molecular flexibility index (Phi) is 6.29. The third kappa shape index (κ3) is 4.50. The number of aromatic nitrogens is 3. The van der Waals surface area contributed by atoms with Crippen LogP contribution < -0.4 is 16.4 Å². The van der Waals surface area contributed by atoms with Crippen molar-refractivity contribution in [2.24, 2.45) is 5.92 Å². The van der Waals surface area contributed by atoms with Crippen molar-refractivity contribution in [2.75, 3.05) is 24.7 Å². The van der Waals surface area contributed by atoms with Crippen molar-refractivity contribution >= 4 is 29.3 Å². The number of aliphatic hydroxyl groups excluding tert-OH is 1. The van der Waals surface area contributed by atoms with Crippen molar-refractivity contribution in [2.45, 2.75) is 25.3 Å². The molecular weight excluding hydrogens is 380 g/mol. The lowest BCUT2D eigenvalue weighted by molar-refractivity contribution is 0.0958. The first-order valence-corrected chi connectivity index (χ1v) is 9.29. The number of rotatable bonds is 4. The molecule has 0 radical (unpaired) electrons. The van der Waals surface area contributed by atoms with Gasteiger partial charge in [-0.2, -0.15) is 9.97 Å². The molecule has 0 aromatic carbocycles. The third-order valence-electron chi connectivity index (χ3n) is 4.59. The molecule has 2 heterocycles. The van der Waals surface area contributed by atoms with Crippen molar-refractivity contribution in [3.05, 3.63) is 40.3 Å². The van der Waals surface area contributed by atoms with E-state index in [1.54, 1.807) is 12.1 Å². The molecule has 1 fully saturated rings. The Labute approximate surface area is 167 Å². The summed E-state index contributed by atoms with van der Waals surface area (Å²) in [5.74, 6) is 6.31. The number of nitrogens with zero attached hydrogens (tertiary/aromatic N) is 3. The van der Waals surface area contributed by atoms with Gasteiger partial charge in [-0.25, -0.2) is 4.98 Å². The van der Waals surface area contributed by atoms with E-state index in [0.717, 1.165) is 19.3 Å². The van der Waals surface area contributed by atoms with Crippen LogP contribution in [0.3, 0.4) is 0 Å². The molecule has 3 rings (SSSR count). The summed E-state index contributed by atoms with van der Waals surface area (Å²) in [7, 11) is 1.53. The van der Waals surface area contributed by atoms with Crippen LogP contribution in [0.15, 0.2) is 18.3 Å². The highest BCUT2D eigenvalue weighted by molar-refractivity contribution is 6.31. The van der Waals surface area contributed by atoms with Crippen molar-refractivity contribution in [3.63, 3.8) is 0 Å². The van der Waals surface area contributed by atoms with E-state index in [2.05, 4.69) is 37.4 Å². The highest BCUT2D eigenvalue weighted by Crippen LogP contribution is 2.29. The lowest BCUT2D eigenvalue weighted by Gasteiger charge is -2.15. The van der Waals surface area contributed by atoms with Gasteiger partial charge in [0.05, 0.1) is 5.56 Å². The maximum atomic E-state index is 12.0. The number of nitrogens with two attached hydrogens (primary N) is 1. The molecule has 0 aliphatic heterocycles. The van der Waals surface area contributed by atoms with E-state index in [4.69, 9.17) is 17.3 Å². The highest BCUT2D eigenvalue weighted by atomic mass is 35.5. The molecule has 0 saturated heterocycles. The number of nitrogens with one attached hydrogen (secondary N) is 2. The van der Waals surface area contributed by atoms with Gasteiger partial charge in [-0.3, -0.25) is 4.79 Å². The van der Waals surface area contributed by atoms with Crippen LogP contribution in [0.2, 0.25) is 5.15 Å². The fourth-order valence-corrected chi connectivity index (χ4v) is 3.39. The Hall–Kier alpha value is -2.89.